The van der Waals surface area contributed by atoms with E-state index in [1.54, 1.807) is 29.2 Å². The fraction of sp³-hybridized carbons (Fsp3) is 0.286. The highest BCUT2D eigenvalue weighted by atomic mass is 32.2. The van der Waals surface area contributed by atoms with Crippen LogP contribution in [-0.2, 0) is 14.4 Å². The fourth-order valence-corrected chi connectivity index (χ4v) is 3.74. The smallest absolute Gasteiger partial charge is 0.244 e. The van der Waals surface area contributed by atoms with Gasteiger partial charge in [-0.25, -0.2) is 4.98 Å². The molecular formula is C14H13N3O3S2. The number of benzene rings is 1. The number of imide groups is 1. The lowest BCUT2D eigenvalue weighted by molar-refractivity contribution is -0.141. The lowest BCUT2D eigenvalue weighted by atomic mass is 10.3. The number of rotatable bonds is 4. The van der Waals surface area contributed by atoms with Crippen molar-refractivity contribution in [2.24, 2.45) is 0 Å². The maximum absolute atomic E-state index is 12.0. The molecule has 1 aliphatic rings. The first kappa shape index (κ1) is 15.0. The van der Waals surface area contributed by atoms with Crippen LogP contribution >= 0.6 is 23.1 Å². The summed E-state index contributed by atoms with van der Waals surface area (Å²) < 4.78 is 1.95. The van der Waals surface area contributed by atoms with Gasteiger partial charge in [0.1, 0.15) is 6.54 Å². The number of carbonyl (C=O) groups excluding carboxylic acids is 3. The van der Waals surface area contributed by atoms with Crippen LogP contribution in [0.25, 0.3) is 10.2 Å². The lowest BCUT2D eigenvalue weighted by Gasteiger charge is -2.13. The highest BCUT2D eigenvalue weighted by Gasteiger charge is 2.30. The number of carbonyl (C=O) groups is 3. The van der Waals surface area contributed by atoms with Gasteiger partial charge in [0.15, 0.2) is 4.34 Å². The minimum atomic E-state index is -0.377. The van der Waals surface area contributed by atoms with Crippen molar-refractivity contribution in [2.75, 3.05) is 18.1 Å². The van der Waals surface area contributed by atoms with Gasteiger partial charge in [-0.2, -0.15) is 0 Å². The van der Waals surface area contributed by atoms with E-state index >= 15 is 0 Å². The minimum Gasteiger partial charge on any atom is -0.324 e. The van der Waals surface area contributed by atoms with Crippen LogP contribution in [0.5, 0.6) is 0 Å². The molecule has 1 aromatic heterocycles. The number of nitrogens with zero attached hydrogens (tertiary/aromatic N) is 2. The van der Waals surface area contributed by atoms with Crippen LogP contribution in [0.1, 0.15) is 12.8 Å². The third-order valence-corrected chi connectivity index (χ3v) is 5.29. The van der Waals surface area contributed by atoms with Gasteiger partial charge in [0.25, 0.3) is 0 Å². The van der Waals surface area contributed by atoms with Crippen molar-refractivity contribution in [2.45, 2.75) is 17.2 Å². The molecule has 3 rings (SSSR count). The third-order valence-electron chi connectivity index (χ3n) is 3.28. The van der Waals surface area contributed by atoms with E-state index in [1.807, 2.05) is 18.4 Å². The number of aromatic nitrogens is 1. The first-order chi connectivity index (χ1) is 10.6. The second kappa shape index (κ2) is 6.05. The number of amides is 3. The van der Waals surface area contributed by atoms with Gasteiger partial charge in [0, 0.05) is 18.5 Å². The van der Waals surface area contributed by atoms with Crippen LogP contribution in [0.2, 0.25) is 0 Å². The maximum Gasteiger partial charge on any atom is 0.244 e. The normalized spacial score (nSPS) is 14.9. The molecule has 0 bridgehead atoms. The van der Waals surface area contributed by atoms with Crippen LogP contribution in [0, 0.1) is 0 Å². The standard InChI is InChI=1S/C14H13N3O3S2/c1-21-14-16-9-3-2-8(6-10(9)22-14)15-11(18)7-17-12(19)4-5-13(17)20/h2-3,6H,4-5,7H2,1H3,(H,15,18). The first-order valence-corrected chi connectivity index (χ1v) is 8.68. The van der Waals surface area contributed by atoms with E-state index < -0.39 is 0 Å². The van der Waals surface area contributed by atoms with Crippen molar-refractivity contribution in [3.8, 4) is 0 Å². The Morgan fingerprint density at radius 3 is 2.77 bits per heavy atom. The van der Waals surface area contributed by atoms with Crippen molar-refractivity contribution in [1.29, 1.82) is 0 Å². The third kappa shape index (κ3) is 2.97. The Kier molecular flexibility index (Phi) is 4.12. The molecule has 3 amide bonds. The first-order valence-electron chi connectivity index (χ1n) is 6.64. The Balaban J connectivity index is 1.71. The Bertz CT molecular complexity index is 756. The highest BCUT2D eigenvalue weighted by molar-refractivity contribution is 8.00. The van der Waals surface area contributed by atoms with Crippen LogP contribution in [-0.4, -0.2) is 40.4 Å². The molecule has 1 aliphatic heterocycles. The summed E-state index contributed by atoms with van der Waals surface area (Å²) in [5, 5.41) is 2.72. The SMILES string of the molecule is CSc1nc2ccc(NC(=O)CN3C(=O)CCC3=O)cc2s1. The van der Waals surface area contributed by atoms with Gasteiger partial charge >= 0.3 is 0 Å². The molecule has 1 N–H and O–H groups in total. The van der Waals surface area contributed by atoms with E-state index in [0.29, 0.717) is 5.69 Å². The quantitative estimate of drug-likeness (QED) is 0.684. The van der Waals surface area contributed by atoms with Crippen molar-refractivity contribution in [3.05, 3.63) is 18.2 Å². The Hall–Kier alpha value is -1.93. The monoisotopic (exact) mass is 335 g/mol. The van der Waals surface area contributed by atoms with E-state index in [1.165, 1.54) is 0 Å². The molecule has 0 unspecified atom stereocenters. The Labute approximate surface area is 134 Å². The Morgan fingerprint density at radius 2 is 2.09 bits per heavy atom. The summed E-state index contributed by atoms with van der Waals surface area (Å²) in [7, 11) is 0. The van der Waals surface area contributed by atoms with E-state index in [0.717, 1.165) is 19.5 Å². The number of nitrogens with one attached hydrogen (secondary N) is 1. The molecule has 0 atom stereocenters. The zero-order chi connectivity index (χ0) is 15.7. The topological polar surface area (TPSA) is 79.4 Å². The van der Waals surface area contributed by atoms with E-state index in [9.17, 15) is 14.4 Å². The molecule has 1 fully saturated rings. The molecule has 0 aliphatic carbocycles. The predicted octanol–water partition coefficient (Wildman–Crippen LogP) is 2.11. The predicted molar refractivity (Wildman–Crippen MR) is 86.0 cm³/mol. The summed E-state index contributed by atoms with van der Waals surface area (Å²) in [5.74, 6) is -0.956. The van der Waals surface area contributed by atoms with Crippen molar-refractivity contribution in [3.63, 3.8) is 0 Å². The van der Waals surface area contributed by atoms with Crippen LogP contribution < -0.4 is 5.32 Å². The molecule has 6 nitrogen and oxygen atoms in total. The molecule has 0 saturated carbocycles. The van der Waals surface area contributed by atoms with Crippen molar-refractivity contribution < 1.29 is 14.4 Å². The summed E-state index contributed by atoms with van der Waals surface area (Å²) in [5.41, 5.74) is 1.52. The molecule has 2 heterocycles. The fourth-order valence-electron chi connectivity index (χ4n) is 2.21. The average molecular weight is 335 g/mol. The number of thiazole rings is 1. The molecule has 0 spiro atoms. The van der Waals surface area contributed by atoms with E-state index in [4.69, 9.17) is 0 Å². The largest absolute Gasteiger partial charge is 0.324 e. The summed E-state index contributed by atoms with van der Waals surface area (Å²) in [6, 6.07) is 5.45. The summed E-state index contributed by atoms with van der Waals surface area (Å²) in [4.78, 5) is 40.4. The van der Waals surface area contributed by atoms with Crippen LogP contribution in [0.3, 0.4) is 0 Å². The lowest BCUT2D eigenvalue weighted by Crippen LogP contribution is -2.36. The molecule has 22 heavy (non-hydrogen) atoms. The van der Waals surface area contributed by atoms with Crippen molar-refractivity contribution >= 4 is 56.7 Å². The van der Waals surface area contributed by atoms with Crippen LogP contribution in [0.15, 0.2) is 22.5 Å². The van der Waals surface area contributed by atoms with Gasteiger partial charge in [-0.05, 0) is 24.5 Å². The van der Waals surface area contributed by atoms with Crippen LogP contribution in [0.4, 0.5) is 5.69 Å². The number of anilines is 1. The molecule has 1 saturated heterocycles. The number of hydrogen-bond donors (Lipinski definition) is 1. The summed E-state index contributed by atoms with van der Waals surface area (Å²) in [6.07, 6.45) is 2.34. The number of fused-ring (bicyclic) bond motifs is 1. The number of hydrogen-bond acceptors (Lipinski definition) is 6. The molecule has 8 heteroatoms. The zero-order valence-corrected chi connectivity index (χ0v) is 13.4. The Morgan fingerprint density at radius 1 is 1.36 bits per heavy atom. The molecule has 114 valence electrons. The second-order valence-electron chi connectivity index (χ2n) is 4.79. The van der Waals surface area contributed by atoms with Gasteiger partial charge < -0.3 is 5.32 Å². The van der Waals surface area contributed by atoms with Gasteiger partial charge in [-0.3, -0.25) is 19.3 Å². The van der Waals surface area contributed by atoms with E-state index in [2.05, 4.69) is 10.3 Å². The second-order valence-corrected chi connectivity index (χ2v) is 6.87. The molecule has 2 aromatic rings. The minimum absolute atomic E-state index is 0.191. The highest BCUT2D eigenvalue weighted by Crippen LogP contribution is 2.29. The number of likely N-dealkylation sites (tertiary alicyclic amines) is 1. The molecule has 0 radical (unpaired) electrons. The van der Waals surface area contributed by atoms with Gasteiger partial charge in [0.05, 0.1) is 10.2 Å². The summed E-state index contributed by atoms with van der Waals surface area (Å²) >= 11 is 3.13. The molecular weight excluding hydrogens is 322 g/mol. The zero-order valence-electron chi connectivity index (χ0n) is 11.8. The molecule has 1 aromatic carbocycles. The maximum atomic E-state index is 12.0. The average Bonchev–Trinajstić information content (AvgIpc) is 3.04. The van der Waals surface area contributed by atoms with Crippen molar-refractivity contribution in [1.82, 2.24) is 9.88 Å². The van der Waals surface area contributed by atoms with Gasteiger partial charge in [0.2, 0.25) is 17.7 Å². The summed E-state index contributed by atoms with van der Waals surface area (Å²) in [6.45, 7) is -0.228. The van der Waals surface area contributed by atoms with Gasteiger partial charge in [-0.1, -0.05) is 11.8 Å². The number of thioether (sulfide) groups is 1. The van der Waals surface area contributed by atoms with Gasteiger partial charge in [-0.15, -0.1) is 11.3 Å². The van der Waals surface area contributed by atoms with E-state index in [-0.39, 0.29) is 37.1 Å².